The summed E-state index contributed by atoms with van der Waals surface area (Å²) in [6, 6.07) is 15.0. The second kappa shape index (κ2) is 5.55. The van der Waals surface area contributed by atoms with Gasteiger partial charge >= 0.3 is 0 Å². The number of para-hydroxylation sites is 2. The fraction of sp³-hybridized carbons (Fsp3) is 0.188. The third kappa shape index (κ3) is 2.63. The lowest BCUT2D eigenvalue weighted by atomic mass is 10.1. The van der Waals surface area contributed by atoms with Gasteiger partial charge in [0.15, 0.2) is 0 Å². The van der Waals surface area contributed by atoms with Crippen LogP contribution in [0.1, 0.15) is 5.56 Å². The zero-order valence-corrected chi connectivity index (χ0v) is 11.6. The molecule has 1 aliphatic heterocycles. The number of nitrogens with zero attached hydrogens (tertiary/aromatic N) is 1. The molecular formula is C16H14ClNO2. The van der Waals surface area contributed by atoms with Gasteiger partial charge in [-0.3, -0.25) is 4.79 Å². The normalized spacial score (nSPS) is 13.6. The maximum Gasteiger partial charge on any atom is 0.231 e. The van der Waals surface area contributed by atoms with Crippen LogP contribution in [0.3, 0.4) is 0 Å². The molecule has 2 aromatic rings. The van der Waals surface area contributed by atoms with E-state index in [1.54, 1.807) is 11.0 Å². The van der Waals surface area contributed by atoms with Gasteiger partial charge in [-0.1, -0.05) is 35.9 Å². The van der Waals surface area contributed by atoms with Gasteiger partial charge < -0.3 is 9.64 Å². The van der Waals surface area contributed by atoms with Crippen molar-refractivity contribution in [3.63, 3.8) is 0 Å². The standard InChI is InChI=1S/C16H14ClNO2/c17-13-5-3-4-12(10-13)11-16(19)18-8-9-20-15-7-2-1-6-14(15)18/h1-7,10H,8-9,11H2. The number of halogens is 1. The molecule has 20 heavy (non-hydrogen) atoms. The third-order valence-electron chi connectivity index (χ3n) is 3.27. The zero-order valence-electron chi connectivity index (χ0n) is 10.9. The van der Waals surface area contributed by atoms with E-state index in [0.717, 1.165) is 17.0 Å². The Labute approximate surface area is 122 Å². The molecule has 0 unspecified atom stereocenters. The molecule has 0 aromatic heterocycles. The van der Waals surface area contributed by atoms with Crippen molar-refractivity contribution in [1.82, 2.24) is 0 Å². The van der Waals surface area contributed by atoms with E-state index in [-0.39, 0.29) is 5.91 Å². The van der Waals surface area contributed by atoms with Crippen molar-refractivity contribution in [1.29, 1.82) is 0 Å². The summed E-state index contributed by atoms with van der Waals surface area (Å²) >= 11 is 5.95. The van der Waals surface area contributed by atoms with Gasteiger partial charge in [0.25, 0.3) is 0 Å². The first kappa shape index (κ1) is 13.0. The Morgan fingerprint density at radius 2 is 2.05 bits per heavy atom. The number of rotatable bonds is 2. The molecule has 1 aliphatic rings. The van der Waals surface area contributed by atoms with Crippen molar-refractivity contribution < 1.29 is 9.53 Å². The van der Waals surface area contributed by atoms with E-state index < -0.39 is 0 Å². The van der Waals surface area contributed by atoms with E-state index in [2.05, 4.69) is 0 Å². The minimum atomic E-state index is 0.0583. The highest BCUT2D eigenvalue weighted by Gasteiger charge is 2.23. The van der Waals surface area contributed by atoms with E-state index >= 15 is 0 Å². The molecule has 0 bridgehead atoms. The van der Waals surface area contributed by atoms with Crippen LogP contribution in [0, 0.1) is 0 Å². The Morgan fingerprint density at radius 3 is 2.90 bits per heavy atom. The number of carbonyl (C=O) groups excluding carboxylic acids is 1. The number of benzene rings is 2. The van der Waals surface area contributed by atoms with Crippen LogP contribution in [0.25, 0.3) is 0 Å². The molecule has 3 nitrogen and oxygen atoms in total. The summed E-state index contributed by atoms with van der Waals surface area (Å²) in [5, 5.41) is 0.651. The third-order valence-corrected chi connectivity index (χ3v) is 3.51. The van der Waals surface area contributed by atoms with Crippen LogP contribution < -0.4 is 9.64 Å². The number of fused-ring (bicyclic) bond motifs is 1. The fourth-order valence-corrected chi connectivity index (χ4v) is 2.56. The van der Waals surface area contributed by atoms with Crippen LogP contribution in [-0.2, 0) is 11.2 Å². The van der Waals surface area contributed by atoms with Gasteiger partial charge in [0, 0.05) is 5.02 Å². The summed E-state index contributed by atoms with van der Waals surface area (Å²) in [5.41, 5.74) is 1.76. The molecule has 0 radical (unpaired) electrons. The summed E-state index contributed by atoms with van der Waals surface area (Å²) in [6.07, 6.45) is 0.342. The molecule has 0 N–H and O–H groups in total. The molecule has 4 heteroatoms. The lowest BCUT2D eigenvalue weighted by Gasteiger charge is -2.29. The molecule has 0 saturated carbocycles. The molecule has 0 saturated heterocycles. The summed E-state index contributed by atoms with van der Waals surface area (Å²) in [6.45, 7) is 1.11. The second-order valence-electron chi connectivity index (χ2n) is 4.67. The van der Waals surface area contributed by atoms with Crippen molar-refractivity contribution in [2.75, 3.05) is 18.1 Å². The van der Waals surface area contributed by atoms with Crippen molar-refractivity contribution in [3.05, 3.63) is 59.1 Å². The Bertz CT molecular complexity index is 642. The number of amides is 1. The SMILES string of the molecule is O=C(Cc1cccc(Cl)c1)N1CCOc2ccccc21. The first-order valence-electron chi connectivity index (χ1n) is 6.51. The van der Waals surface area contributed by atoms with Gasteiger partial charge in [-0.05, 0) is 29.8 Å². The van der Waals surface area contributed by atoms with Crippen LogP contribution in [0.4, 0.5) is 5.69 Å². The number of anilines is 1. The highest BCUT2D eigenvalue weighted by Crippen LogP contribution is 2.31. The molecule has 0 spiro atoms. The number of hydrogen-bond acceptors (Lipinski definition) is 2. The summed E-state index contributed by atoms with van der Waals surface area (Å²) in [5.74, 6) is 0.821. The quantitative estimate of drug-likeness (QED) is 0.848. The van der Waals surface area contributed by atoms with Crippen LogP contribution in [0.5, 0.6) is 5.75 Å². The average Bonchev–Trinajstić information content (AvgIpc) is 2.46. The van der Waals surface area contributed by atoms with E-state index in [9.17, 15) is 4.79 Å². The largest absolute Gasteiger partial charge is 0.490 e. The predicted molar refractivity (Wildman–Crippen MR) is 79.4 cm³/mol. The fourth-order valence-electron chi connectivity index (χ4n) is 2.35. The van der Waals surface area contributed by atoms with E-state index in [1.165, 1.54) is 0 Å². The monoisotopic (exact) mass is 287 g/mol. The second-order valence-corrected chi connectivity index (χ2v) is 5.10. The van der Waals surface area contributed by atoms with Gasteiger partial charge in [-0.25, -0.2) is 0 Å². The van der Waals surface area contributed by atoms with E-state index in [1.807, 2.05) is 42.5 Å². The van der Waals surface area contributed by atoms with E-state index in [0.29, 0.717) is 24.6 Å². The maximum absolute atomic E-state index is 12.5. The topological polar surface area (TPSA) is 29.5 Å². The maximum atomic E-state index is 12.5. The molecule has 3 rings (SSSR count). The Morgan fingerprint density at radius 1 is 1.20 bits per heavy atom. The smallest absolute Gasteiger partial charge is 0.231 e. The number of ether oxygens (including phenoxy) is 1. The van der Waals surface area contributed by atoms with Crippen LogP contribution in [0.15, 0.2) is 48.5 Å². The number of hydrogen-bond donors (Lipinski definition) is 0. The summed E-state index contributed by atoms with van der Waals surface area (Å²) in [4.78, 5) is 14.2. The molecule has 0 aliphatic carbocycles. The van der Waals surface area contributed by atoms with Crippen molar-refractivity contribution in [2.45, 2.75) is 6.42 Å². The number of carbonyl (C=O) groups is 1. The molecule has 0 fully saturated rings. The molecular weight excluding hydrogens is 274 g/mol. The Hall–Kier alpha value is -2.00. The average molecular weight is 288 g/mol. The highest BCUT2D eigenvalue weighted by molar-refractivity contribution is 6.30. The van der Waals surface area contributed by atoms with Crippen molar-refractivity contribution in [2.24, 2.45) is 0 Å². The molecule has 0 atom stereocenters. The van der Waals surface area contributed by atoms with Crippen LogP contribution in [-0.4, -0.2) is 19.1 Å². The lowest BCUT2D eigenvalue weighted by molar-refractivity contribution is -0.118. The zero-order chi connectivity index (χ0) is 13.9. The van der Waals surface area contributed by atoms with Gasteiger partial charge in [0.2, 0.25) is 5.91 Å². The molecule has 1 amide bonds. The van der Waals surface area contributed by atoms with Gasteiger partial charge in [-0.15, -0.1) is 0 Å². The molecule has 2 aromatic carbocycles. The van der Waals surface area contributed by atoms with Crippen LogP contribution in [0.2, 0.25) is 5.02 Å². The summed E-state index contributed by atoms with van der Waals surface area (Å²) < 4.78 is 5.56. The highest BCUT2D eigenvalue weighted by atomic mass is 35.5. The predicted octanol–water partition coefficient (Wildman–Crippen LogP) is 3.31. The summed E-state index contributed by atoms with van der Waals surface area (Å²) in [7, 11) is 0. The molecule has 1 heterocycles. The van der Waals surface area contributed by atoms with Crippen LogP contribution >= 0.6 is 11.6 Å². The minimum Gasteiger partial charge on any atom is -0.490 e. The van der Waals surface area contributed by atoms with Gasteiger partial charge in [0.05, 0.1) is 18.7 Å². The van der Waals surface area contributed by atoms with Gasteiger partial charge in [0.1, 0.15) is 12.4 Å². The Kier molecular flexibility index (Phi) is 3.61. The van der Waals surface area contributed by atoms with Gasteiger partial charge in [-0.2, -0.15) is 0 Å². The first-order valence-corrected chi connectivity index (χ1v) is 6.88. The van der Waals surface area contributed by atoms with Crippen molar-refractivity contribution in [3.8, 4) is 5.75 Å². The first-order chi connectivity index (χ1) is 9.74. The van der Waals surface area contributed by atoms with E-state index in [4.69, 9.17) is 16.3 Å². The lowest BCUT2D eigenvalue weighted by Crippen LogP contribution is -2.38. The minimum absolute atomic E-state index is 0.0583. The van der Waals surface area contributed by atoms with Crippen molar-refractivity contribution >= 4 is 23.2 Å². The molecule has 102 valence electrons. The Balaban J connectivity index is 1.82.